The molecule has 1 aromatic rings. The lowest BCUT2D eigenvalue weighted by Crippen LogP contribution is -2.44. The van der Waals surface area contributed by atoms with E-state index in [1.807, 2.05) is 11.8 Å². The summed E-state index contributed by atoms with van der Waals surface area (Å²) in [4.78, 5) is 14.6. The van der Waals surface area contributed by atoms with Gasteiger partial charge in [0.25, 0.3) is 0 Å². The van der Waals surface area contributed by atoms with Gasteiger partial charge in [0.2, 0.25) is 5.91 Å². The normalized spacial score (nSPS) is 16.7. The van der Waals surface area contributed by atoms with Crippen molar-refractivity contribution in [2.24, 2.45) is 11.7 Å². The molecule has 0 radical (unpaired) electrons. The van der Waals surface area contributed by atoms with Gasteiger partial charge >= 0.3 is 0 Å². The van der Waals surface area contributed by atoms with E-state index in [4.69, 9.17) is 5.73 Å². The first kappa shape index (κ1) is 18.9. The van der Waals surface area contributed by atoms with E-state index in [0.29, 0.717) is 19.1 Å². The Morgan fingerprint density at radius 3 is 2.41 bits per heavy atom. The minimum absolute atomic E-state index is 0. The molecule has 1 aromatic carbocycles. The van der Waals surface area contributed by atoms with Crippen LogP contribution in [0.3, 0.4) is 0 Å². The maximum atomic E-state index is 13.0. The van der Waals surface area contributed by atoms with E-state index < -0.39 is 0 Å². The molecule has 0 heterocycles. The van der Waals surface area contributed by atoms with Crippen LogP contribution in [0, 0.1) is 11.7 Å². The van der Waals surface area contributed by atoms with Crippen molar-refractivity contribution in [3.63, 3.8) is 0 Å². The Kier molecular flexibility index (Phi) is 7.83. The van der Waals surface area contributed by atoms with Crippen LogP contribution in [-0.2, 0) is 11.3 Å². The molecule has 1 amide bonds. The summed E-state index contributed by atoms with van der Waals surface area (Å²) in [6, 6.07) is 6.71. The molecule has 1 unspecified atom stereocenters. The van der Waals surface area contributed by atoms with Crippen molar-refractivity contribution in [2.75, 3.05) is 6.54 Å². The zero-order valence-corrected chi connectivity index (χ0v) is 13.9. The molecule has 1 aliphatic rings. The highest BCUT2D eigenvalue weighted by Gasteiger charge is 2.28. The van der Waals surface area contributed by atoms with Crippen molar-refractivity contribution in [2.45, 2.75) is 51.6 Å². The summed E-state index contributed by atoms with van der Waals surface area (Å²) in [5.74, 6) is -0.286. The average molecular weight is 329 g/mol. The molecular formula is C17H26ClFN2O. The highest BCUT2D eigenvalue weighted by molar-refractivity contribution is 5.85. The second-order valence-electron chi connectivity index (χ2n) is 6.02. The Hall–Kier alpha value is -1.13. The van der Waals surface area contributed by atoms with Gasteiger partial charge in [-0.2, -0.15) is 0 Å². The molecule has 0 aliphatic heterocycles. The van der Waals surface area contributed by atoms with Crippen LogP contribution in [0.5, 0.6) is 0 Å². The number of nitrogens with zero attached hydrogens (tertiary/aromatic N) is 1. The van der Waals surface area contributed by atoms with E-state index in [1.54, 1.807) is 12.1 Å². The molecule has 1 fully saturated rings. The topological polar surface area (TPSA) is 46.3 Å². The predicted molar refractivity (Wildman–Crippen MR) is 89.3 cm³/mol. The van der Waals surface area contributed by atoms with E-state index in [1.165, 1.54) is 31.4 Å². The number of amides is 1. The molecule has 0 bridgehead atoms. The highest BCUT2D eigenvalue weighted by Crippen LogP contribution is 2.25. The third kappa shape index (κ3) is 4.96. The molecule has 1 aliphatic carbocycles. The third-order valence-electron chi connectivity index (χ3n) is 4.34. The molecule has 1 atom stereocenters. The summed E-state index contributed by atoms with van der Waals surface area (Å²) < 4.78 is 13.0. The number of hydrogen-bond acceptors (Lipinski definition) is 2. The lowest BCUT2D eigenvalue weighted by atomic mass is 9.93. The number of benzene rings is 1. The summed E-state index contributed by atoms with van der Waals surface area (Å²) in [6.07, 6.45) is 5.72. The molecule has 5 heteroatoms. The minimum atomic E-state index is -0.246. The van der Waals surface area contributed by atoms with Gasteiger partial charge in [-0.3, -0.25) is 4.79 Å². The third-order valence-corrected chi connectivity index (χ3v) is 4.34. The van der Waals surface area contributed by atoms with Crippen molar-refractivity contribution in [3.05, 3.63) is 35.6 Å². The lowest BCUT2D eigenvalue weighted by Gasteiger charge is -2.36. The number of carbonyl (C=O) groups excluding carboxylic acids is 1. The smallest absolute Gasteiger partial charge is 0.227 e. The number of nitrogens with two attached hydrogens (primary N) is 1. The molecule has 124 valence electrons. The minimum Gasteiger partial charge on any atom is -0.335 e. The van der Waals surface area contributed by atoms with Gasteiger partial charge in [-0.25, -0.2) is 4.39 Å². The Morgan fingerprint density at radius 1 is 1.27 bits per heavy atom. The lowest BCUT2D eigenvalue weighted by molar-refractivity contribution is -0.138. The van der Waals surface area contributed by atoms with Crippen LogP contribution in [0.25, 0.3) is 0 Å². The Labute approximate surface area is 138 Å². The Balaban J connectivity index is 0.00000242. The fourth-order valence-corrected chi connectivity index (χ4v) is 2.95. The summed E-state index contributed by atoms with van der Waals surface area (Å²) >= 11 is 0. The zero-order valence-electron chi connectivity index (χ0n) is 13.1. The Bertz CT molecular complexity index is 460. The summed E-state index contributed by atoms with van der Waals surface area (Å²) in [7, 11) is 0. The van der Waals surface area contributed by atoms with E-state index >= 15 is 0 Å². The van der Waals surface area contributed by atoms with Crippen molar-refractivity contribution in [1.29, 1.82) is 0 Å². The van der Waals surface area contributed by atoms with E-state index in [2.05, 4.69) is 0 Å². The molecule has 0 spiro atoms. The second-order valence-corrected chi connectivity index (χ2v) is 6.02. The molecule has 1 saturated carbocycles. The number of rotatable bonds is 5. The van der Waals surface area contributed by atoms with Gasteiger partial charge in [-0.15, -0.1) is 12.4 Å². The molecule has 0 saturated heterocycles. The summed E-state index contributed by atoms with van der Waals surface area (Å²) in [5.41, 5.74) is 6.63. The van der Waals surface area contributed by atoms with Gasteiger partial charge in [-0.1, -0.05) is 38.3 Å². The quantitative estimate of drug-likeness (QED) is 0.899. The zero-order chi connectivity index (χ0) is 15.2. The number of hydrogen-bond donors (Lipinski definition) is 1. The van der Waals surface area contributed by atoms with Crippen LogP contribution in [0.4, 0.5) is 4.39 Å². The first-order chi connectivity index (χ1) is 10.1. The van der Waals surface area contributed by atoms with Crippen LogP contribution in [0.2, 0.25) is 0 Å². The monoisotopic (exact) mass is 328 g/mol. The first-order valence-corrected chi connectivity index (χ1v) is 7.87. The van der Waals surface area contributed by atoms with Crippen LogP contribution < -0.4 is 5.73 Å². The van der Waals surface area contributed by atoms with Gasteiger partial charge in [0.1, 0.15) is 5.82 Å². The van der Waals surface area contributed by atoms with E-state index in [9.17, 15) is 9.18 Å². The molecule has 22 heavy (non-hydrogen) atoms. The highest BCUT2D eigenvalue weighted by atomic mass is 35.5. The fraction of sp³-hybridized carbons (Fsp3) is 0.588. The van der Waals surface area contributed by atoms with Crippen LogP contribution in [0.1, 0.15) is 44.6 Å². The van der Waals surface area contributed by atoms with Gasteiger partial charge in [0.15, 0.2) is 0 Å². The molecule has 0 aromatic heterocycles. The molecule has 3 nitrogen and oxygen atoms in total. The maximum absolute atomic E-state index is 13.0. The van der Waals surface area contributed by atoms with Crippen molar-refractivity contribution < 1.29 is 9.18 Å². The van der Waals surface area contributed by atoms with Crippen molar-refractivity contribution >= 4 is 18.3 Å². The fourth-order valence-electron chi connectivity index (χ4n) is 2.95. The summed E-state index contributed by atoms with van der Waals surface area (Å²) in [6.45, 7) is 2.79. The van der Waals surface area contributed by atoms with Gasteiger partial charge < -0.3 is 10.6 Å². The largest absolute Gasteiger partial charge is 0.335 e. The number of carbonyl (C=O) groups is 1. The van der Waals surface area contributed by atoms with Gasteiger partial charge in [0, 0.05) is 25.0 Å². The standard InChI is InChI=1S/C17H25FN2O.ClH/c1-13(11-19)17(21)20(16-5-3-2-4-6-16)12-14-7-9-15(18)10-8-14;/h7-10,13,16H,2-6,11-12,19H2,1H3;1H. The van der Waals surface area contributed by atoms with Gasteiger partial charge in [-0.05, 0) is 30.5 Å². The van der Waals surface area contributed by atoms with Crippen molar-refractivity contribution in [3.8, 4) is 0 Å². The van der Waals surface area contributed by atoms with Crippen LogP contribution in [0.15, 0.2) is 24.3 Å². The summed E-state index contributed by atoms with van der Waals surface area (Å²) in [5, 5.41) is 0. The van der Waals surface area contributed by atoms with Crippen LogP contribution >= 0.6 is 12.4 Å². The average Bonchev–Trinajstić information content (AvgIpc) is 2.53. The first-order valence-electron chi connectivity index (χ1n) is 7.87. The maximum Gasteiger partial charge on any atom is 0.227 e. The van der Waals surface area contributed by atoms with E-state index in [0.717, 1.165) is 18.4 Å². The molecular weight excluding hydrogens is 303 g/mol. The van der Waals surface area contributed by atoms with Gasteiger partial charge in [0.05, 0.1) is 0 Å². The molecule has 2 rings (SSSR count). The Morgan fingerprint density at radius 2 is 1.86 bits per heavy atom. The number of halogens is 2. The van der Waals surface area contributed by atoms with E-state index in [-0.39, 0.29) is 30.0 Å². The van der Waals surface area contributed by atoms with Crippen LogP contribution in [-0.4, -0.2) is 23.4 Å². The second kappa shape index (κ2) is 9.11. The SMILES string of the molecule is CC(CN)C(=O)N(Cc1ccc(F)cc1)C1CCCCC1.Cl. The predicted octanol–water partition coefficient (Wildman–Crippen LogP) is 3.50. The molecule has 2 N–H and O–H groups in total. The van der Waals surface area contributed by atoms with Crippen molar-refractivity contribution in [1.82, 2.24) is 4.90 Å².